The minimum atomic E-state index is -0.582. The van der Waals surface area contributed by atoms with E-state index >= 15 is 0 Å². The number of aliphatic hydroxyl groups is 1. The Kier molecular flexibility index (Phi) is 4.90. The minimum Gasteiger partial charge on any atom is -0.416 e. The molecule has 0 fully saturated rings. The fraction of sp³-hybridized carbons (Fsp3) is 0.211. The second-order valence-corrected chi connectivity index (χ2v) is 5.92. The molecule has 0 saturated carbocycles. The van der Waals surface area contributed by atoms with Crippen LogP contribution in [-0.2, 0) is 0 Å². The molecule has 6 heteroatoms. The van der Waals surface area contributed by atoms with Crippen molar-refractivity contribution in [3.05, 3.63) is 59.7 Å². The standard InChI is InChI=1S/C19H19N3O3/c1-12-4-3-5-16(10-12)19-22-21-18(25-19)15-8-6-14(7-9-15)17(24)20-11-13(2)23/h3-10,13,23H,11H2,1-2H3,(H,20,24). The molecule has 0 bridgehead atoms. The molecule has 6 nitrogen and oxygen atoms in total. The van der Waals surface area contributed by atoms with Crippen molar-refractivity contribution in [1.29, 1.82) is 0 Å². The summed E-state index contributed by atoms with van der Waals surface area (Å²) in [6, 6.07) is 14.7. The predicted octanol–water partition coefficient (Wildman–Crippen LogP) is 2.82. The molecule has 1 aromatic heterocycles. The van der Waals surface area contributed by atoms with Crippen LogP contribution in [0.15, 0.2) is 52.9 Å². The Labute approximate surface area is 145 Å². The van der Waals surface area contributed by atoms with Gasteiger partial charge in [-0.15, -0.1) is 10.2 Å². The molecule has 0 aliphatic carbocycles. The van der Waals surface area contributed by atoms with Crippen molar-refractivity contribution in [2.24, 2.45) is 0 Å². The summed E-state index contributed by atoms with van der Waals surface area (Å²) in [4.78, 5) is 11.9. The molecule has 2 aromatic carbocycles. The van der Waals surface area contributed by atoms with E-state index in [0.717, 1.165) is 16.7 Å². The number of nitrogens with one attached hydrogen (secondary N) is 1. The van der Waals surface area contributed by atoms with Gasteiger partial charge < -0.3 is 14.8 Å². The highest BCUT2D eigenvalue weighted by Crippen LogP contribution is 2.24. The van der Waals surface area contributed by atoms with Crippen LogP contribution in [-0.4, -0.2) is 33.9 Å². The SMILES string of the molecule is Cc1cccc(-c2nnc(-c3ccc(C(=O)NCC(C)O)cc3)o2)c1. The third-order valence-corrected chi connectivity index (χ3v) is 3.64. The Morgan fingerprint density at radius 3 is 2.44 bits per heavy atom. The van der Waals surface area contributed by atoms with Gasteiger partial charge in [0.25, 0.3) is 5.91 Å². The molecule has 1 atom stereocenters. The first kappa shape index (κ1) is 16.9. The van der Waals surface area contributed by atoms with E-state index < -0.39 is 6.10 Å². The van der Waals surface area contributed by atoms with Crippen molar-refractivity contribution < 1.29 is 14.3 Å². The quantitative estimate of drug-likeness (QED) is 0.747. The number of hydrogen-bond acceptors (Lipinski definition) is 5. The topological polar surface area (TPSA) is 88.2 Å². The highest BCUT2D eigenvalue weighted by molar-refractivity contribution is 5.94. The molecule has 128 valence electrons. The summed E-state index contributed by atoms with van der Waals surface area (Å²) in [7, 11) is 0. The summed E-state index contributed by atoms with van der Waals surface area (Å²) < 4.78 is 5.73. The van der Waals surface area contributed by atoms with Crippen molar-refractivity contribution in [2.75, 3.05) is 6.54 Å². The van der Waals surface area contributed by atoms with Crippen LogP contribution in [0.25, 0.3) is 22.9 Å². The Balaban J connectivity index is 1.76. The second-order valence-electron chi connectivity index (χ2n) is 5.92. The van der Waals surface area contributed by atoms with Crippen LogP contribution in [0.4, 0.5) is 0 Å². The maximum atomic E-state index is 11.9. The van der Waals surface area contributed by atoms with Gasteiger partial charge in [-0.25, -0.2) is 0 Å². The fourth-order valence-electron chi connectivity index (χ4n) is 2.34. The molecule has 1 unspecified atom stereocenters. The fourth-order valence-corrected chi connectivity index (χ4v) is 2.34. The van der Waals surface area contributed by atoms with E-state index in [0.29, 0.717) is 17.3 Å². The molecule has 2 N–H and O–H groups in total. The number of hydrogen-bond donors (Lipinski definition) is 2. The van der Waals surface area contributed by atoms with E-state index in [-0.39, 0.29) is 12.5 Å². The number of nitrogens with zero attached hydrogens (tertiary/aromatic N) is 2. The zero-order valence-corrected chi connectivity index (χ0v) is 14.1. The van der Waals surface area contributed by atoms with Gasteiger partial charge >= 0.3 is 0 Å². The average Bonchev–Trinajstić information content (AvgIpc) is 3.10. The number of aryl methyl sites for hydroxylation is 1. The Morgan fingerprint density at radius 2 is 1.80 bits per heavy atom. The smallest absolute Gasteiger partial charge is 0.251 e. The maximum Gasteiger partial charge on any atom is 0.251 e. The lowest BCUT2D eigenvalue weighted by molar-refractivity contribution is 0.0924. The normalized spacial score (nSPS) is 12.0. The molecule has 0 aliphatic heterocycles. The van der Waals surface area contributed by atoms with Gasteiger partial charge in [0.05, 0.1) is 6.10 Å². The minimum absolute atomic E-state index is 0.212. The number of rotatable bonds is 5. The third kappa shape index (κ3) is 4.10. The molecule has 0 aliphatic rings. The maximum absolute atomic E-state index is 11.9. The molecule has 25 heavy (non-hydrogen) atoms. The third-order valence-electron chi connectivity index (χ3n) is 3.64. The van der Waals surface area contributed by atoms with Gasteiger partial charge in [0, 0.05) is 23.2 Å². The van der Waals surface area contributed by atoms with Crippen LogP contribution in [0.1, 0.15) is 22.8 Å². The Hall–Kier alpha value is -2.99. The van der Waals surface area contributed by atoms with Crippen molar-refractivity contribution in [3.8, 4) is 22.9 Å². The molecule has 0 radical (unpaired) electrons. The molecule has 1 heterocycles. The lowest BCUT2D eigenvalue weighted by atomic mass is 10.1. The van der Waals surface area contributed by atoms with Crippen LogP contribution in [0, 0.1) is 6.92 Å². The largest absolute Gasteiger partial charge is 0.416 e. The number of carbonyl (C=O) groups is 1. The van der Waals surface area contributed by atoms with Crippen molar-refractivity contribution in [1.82, 2.24) is 15.5 Å². The summed E-state index contributed by atoms with van der Waals surface area (Å²) in [6.07, 6.45) is -0.582. The molecule has 0 spiro atoms. The first-order valence-corrected chi connectivity index (χ1v) is 8.00. The summed E-state index contributed by atoms with van der Waals surface area (Å²) >= 11 is 0. The summed E-state index contributed by atoms with van der Waals surface area (Å²) in [5.74, 6) is 0.614. The molecule has 1 amide bonds. The number of carbonyl (C=O) groups excluding carboxylic acids is 1. The van der Waals surface area contributed by atoms with Crippen molar-refractivity contribution >= 4 is 5.91 Å². The molecular formula is C19H19N3O3. The van der Waals surface area contributed by atoms with Crippen LogP contribution >= 0.6 is 0 Å². The highest BCUT2D eigenvalue weighted by Gasteiger charge is 2.12. The van der Waals surface area contributed by atoms with Crippen LogP contribution in [0.3, 0.4) is 0 Å². The lowest BCUT2D eigenvalue weighted by Crippen LogP contribution is -2.30. The van der Waals surface area contributed by atoms with Gasteiger partial charge in [0.1, 0.15) is 0 Å². The zero-order chi connectivity index (χ0) is 17.8. The van der Waals surface area contributed by atoms with E-state index in [1.807, 2.05) is 31.2 Å². The van der Waals surface area contributed by atoms with Gasteiger partial charge in [0.15, 0.2) is 0 Å². The molecular weight excluding hydrogens is 318 g/mol. The van der Waals surface area contributed by atoms with Crippen LogP contribution in [0.2, 0.25) is 0 Å². The van der Waals surface area contributed by atoms with Gasteiger partial charge in [0.2, 0.25) is 11.8 Å². The van der Waals surface area contributed by atoms with E-state index in [2.05, 4.69) is 15.5 Å². The molecule has 3 aromatic rings. The number of benzene rings is 2. The van der Waals surface area contributed by atoms with E-state index in [4.69, 9.17) is 4.42 Å². The number of aromatic nitrogens is 2. The van der Waals surface area contributed by atoms with Crippen LogP contribution in [0.5, 0.6) is 0 Å². The van der Waals surface area contributed by atoms with E-state index in [1.165, 1.54) is 0 Å². The second kappa shape index (κ2) is 7.27. The zero-order valence-electron chi connectivity index (χ0n) is 14.1. The molecule has 3 rings (SSSR count). The van der Waals surface area contributed by atoms with Gasteiger partial charge in [-0.1, -0.05) is 17.7 Å². The predicted molar refractivity (Wildman–Crippen MR) is 93.9 cm³/mol. The lowest BCUT2D eigenvalue weighted by Gasteiger charge is -2.07. The summed E-state index contributed by atoms with van der Waals surface area (Å²) in [5, 5.41) is 20.0. The first-order chi connectivity index (χ1) is 12.0. The van der Waals surface area contributed by atoms with E-state index in [9.17, 15) is 9.90 Å². The van der Waals surface area contributed by atoms with Crippen molar-refractivity contribution in [2.45, 2.75) is 20.0 Å². The van der Waals surface area contributed by atoms with E-state index in [1.54, 1.807) is 31.2 Å². The van der Waals surface area contributed by atoms with Crippen molar-refractivity contribution in [3.63, 3.8) is 0 Å². The van der Waals surface area contributed by atoms with Gasteiger partial charge in [-0.05, 0) is 50.2 Å². The number of aliphatic hydroxyl groups excluding tert-OH is 1. The Bertz CT molecular complexity index is 870. The number of amides is 1. The van der Waals surface area contributed by atoms with Crippen LogP contribution < -0.4 is 5.32 Å². The summed E-state index contributed by atoms with van der Waals surface area (Å²) in [6.45, 7) is 3.83. The van der Waals surface area contributed by atoms with Gasteiger partial charge in [-0.3, -0.25) is 4.79 Å². The highest BCUT2D eigenvalue weighted by atomic mass is 16.4. The molecule has 0 saturated heterocycles. The monoisotopic (exact) mass is 337 g/mol. The first-order valence-electron chi connectivity index (χ1n) is 8.00. The Morgan fingerprint density at radius 1 is 1.12 bits per heavy atom. The van der Waals surface area contributed by atoms with Gasteiger partial charge in [-0.2, -0.15) is 0 Å². The average molecular weight is 337 g/mol. The summed E-state index contributed by atoms with van der Waals surface area (Å²) in [5.41, 5.74) is 3.22.